The van der Waals surface area contributed by atoms with Crippen molar-refractivity contribution >= 4 is 6.21 Å². The molecule has 0 radical (unpaired) electrons. The third-order valence-corrected chi connectivity index (χ3v) is 0.640. The SMILES string of the molecule is CO/C(C)=C\C=N. The van der Waals surface area contributed by atoms with Gasteiger partial charge in [0, 0.05) is 6.21 Å². The molecule has 0 heterocycles. The van der Waals surface area contributed by atoms with Crippen LogP contribution in [0.2, 0.25) is 0 Å². The number of hydrogen-bond donors (Lipinski definition) is 1. The lowest BCUT2D eigenvalue weighted by Crippen LogP contribution is -1.77. The summed E-state index contributed by atoms with van der Waals surface area (Å²) in [4.78, 5) is 0. The van der Waals surface area contributed by atoms with E-state index in [0.717, 1.165) is 5.76 Å². The quantitative estimate of drug-likeness (QED) is 0.409. The van der Waals surface area contributed by atoms with Gasteiger partial charge in [-0.05, 0) is 13.0 Å². The average Bonchev–Trinajstić information content (AvgIpc) is 1.68. The van der Waals surface area contributed by atoms with Gasteiger partial charge in [-0.15, -0.1) is 0 Å². The van der Waals surface area contributed by atoms with Gasteiger partial charge in [0.25, 0.3) is 0 Å². The van der Waals surface area contributed by atoms with Gasteiger partial charge in [0.05, 0.1) is 12.9 Å². The number of ether oxygens (including phenoxy) is 1. The van der Waals surface area contributed by atoms with Crippen molar-refractivity contribution in [2.75, 3.05) is 7.11 Å². The highest BCUT2D eigenvalue weighted by molar-refractivity contribution is 5.68. The van der Waals surface area contributed by atoms with E-state index in [4.69, 9.17) is 10.1 Å². The average molecular weight is 99.1 g/mol. The Morgan fingerprint density at radius 3 is 2.43 bits per heavy atom. The number of rotatable bonds is 2. The number of allylic oxidation sites excluding steroid dienone is 2. The van der Waals surface area contributed by atoms with Crippen LogP contribution in [0.15, 0.2) is 11.8 Å². The van der Waals surface area contributed by atoms with Crippen LogP contribution in [0.3, 0.4) is 0 Å². The molecular formula is C5H9NO. The second-order valence-corrected chi connectivity index (χ2v) is 1.15. The van der Waals surface area contributed by atoms with E-state index in [-0.39, 0.29) is 0 Å². The van der Waals surface area contributed by atoms with Crippen molar-refractivity contribution in [3.63, 3.8) is 0 Å². The van der Waals surface area contributed by atoms with Crippen LogP contribution in [0.1, 0.15) is 6.92 Å². The molecule has 0 aromatic heterocycles. The first kappa shape index (κ1) is 6.21. The minimum Gasteiger partial charge on any atom is -0.501 e. The first-order valence-electron chi connectivity index (χ1n) is 2.02. The first-order valence-corrected chi connectivity index (χ1v) is 2.02. The summed E-state index contributed by atoms with van der Waals surface area (Å²) in [5.41, 5.74) is 0. The third kappa shape index (κ3) is 3.03. The van der Waals surface area contributed by atoms with Gasteiger partial charge in [-0.1, -0.05) is 0 Å². The van der Waals surface area contributed by atoms with Crippen molar-refractivity contribution in [3.8, 4) is 0 Å². The molecule has 40 valence electrons. The van der Waals surface area contributed by atoms with Crippen LogP contribution < -0.4 is 0 Å². The molecular weight excluding hydrogens is 90.1 g/mol. The fourth-order valence-electron chi connectivity index (χ4n) is 0.185. The van der Waals surface area contributed by atoms with Crippen LogP contribution >= 0.6 is 0 Å². The molecule has 2 nitrogen and oxygen atoms in total. The molecule has 0 aliphatic carbocycles. The molecule has 0 aliphatic heterocycles. The fourth-order valence-corrected chi connectivity index (χ4v) is 0.185. The second kappa shape index (κ2) is 3.40. The molecule has 0 aliphatic rings. The molecule has 0 rings (SSSR count). The number of nitrogens with one attached hydrogen (secondary N) is 1. The number of methoxy groups -OCH3 is 1. The molecule has 0 bridgehead atoms. The van der Waals surface area contributed by atoms with Gasteiger partial charge in [0.1, 0.15) is 0 Å². The Kier molecular flexibility index (Phi) is 3.02. The Morgan fingerprint density at radius 2 is 2.29 bits per heavy atom. The highest BCUT2D eigenvalue weighted by atomic mass is 16.5. The van der Waals surface area contributed by atoms with Gasteiger partial charge in [0.15, 0.2) is 0 Å². The predicted molar refractivity (Wildman–Crippen MR) is 29.5 cm³/mol. The molecule has 2 heteroatoms. The topological polar surface area (TPSA) is 33.1 Å². The Balaban J connectivity index is 3.49. The maximum absolute atomic E-state index is 6.56. The molecule has 0 amide bonds. The summed E-state index contributed by atoms with van der Waals surface area (Å²) in [5, 5.41) is 6.56. The zero-order chi connectivity index (χ0) is 5.70. The summed E-state index contributed by atoms with van der Waals surface area (Å²) in [6.45, 7) is 1.80. The molecule has 0 unspecified atom stereocenters. The van der Waals surface area contributed by atoms with Crippen LogP contribution in [-0.2, 0) is 4.74 Å². The maximum Gasteiger partial charge on any atom is 0.0939 e. The zero-order valence-electron chi connectivity index (χ0n) is 4.56. The molecule has 0 aromatic carbocycles. The first-order chi connectivity index (χ1) is 3.31. The summed E-state index contributed by atoms with van der Waals surface area (Å²) in [6.07, 6.45) is 2.78. The van der Waals surface area contributed by atoms with Crippen LogP contribution in [0, 0.1) is 5.41 Å². The molecule has 0 fully saturated rings. The van der Waals surface area contributed by atoms with E-state index in [1.165, 1.54) is 6.21 Å². The standard InChI is InChI=1S/C5H9NO/c1-5(7-2)3-4-6/h3-4,6H,1-2H3/b5-3-,6-4?. The van der Waals surface area contributed by atoms with Crippen LogP contribution in [0.5, 0.6) is 0 Å². The van der Waals surface area contributed by atoms with E-state index in [0.29, 0.717) is 0 Å². The van der Waals surface area contributed by atoms with Crippen LogP contribution in [0.4, 0.5) is 0 Å². The van der Waals surface area contributed by atoms with Crippen molar-refractivity contribution < 1.29 is 4.74 Å². The predicted octanol–water partition coefficient (Wildman–Crippen LogP) is 1.19. The lowest BCUT2D eigenvalue weighted by atomic mass is 10.5. The third-order valence-electron chi connectivity index (χ3n) is 0.640. The molecule has 1 N–H and O–H groups in total. The van der Waals surface area contributed by atoms with Crippen molar-refractivity contribution in [2.45, 2.75) is 6.92 Å². The van der Waals surface area contributed by atoms with Gasteiger partial charge in [-0.2, -0.15) is 0 Å². The minimum absolute atomic E-state index is 0.759. The largest absolute Gasteiger partial charge is 0.501 e. The van der Waals surface area contributed by atoms with Crippen molar-refractivity contribution in [1.82, 2.24) is 0 Å². The number of hydrogen-bond acceptors (Lipinski definition) is 2. The van der Waals surface area contributed by atoms with Crippen molar-refractivity contribution in [3.05, 3.63) is 11.8 Å². The Morgan fingerprint density at radius 1 is 1.71 bits per heavy atom. The Hall–Kier alpha value is -0.790. The zero-order valence-corrected chi connectivity index (χ0v) is 4.56. The summed E-state index contributed by atoms with van der Waals surface area (Å²) < 4.78 is 4.70. The normalized spacial score (nSPS) is 10.9. The molecule has 7 heavy (non-hydrogen) atoms. The lowest BCUT2D eigenvalue weighted by molar-refractivity contribution is 0.294. The molecule has 0 saturated carbocycles. The van der Waals surface area contributed by atoms with E-state index in [2.05, 4.69) is 0 Å². The van der Waals surface area contributed by atoms with E-state index < -0.39 is 0 Å². The summed E-state index contributed by atoms with van der Waals surface area (Å²) in [7, 11) is 1.58. The fraction of sp³-hybridized carbons (Fsp3) is 0.400. The van der Waals surface area contributed by atoms with Gasteiger partial charge in [0.2, 0.25) is 0 Å². The Bertz CT molecular complexity index is 86.1. The molecule has 0 atom stereocenters. The second-order valence-electron chi connectivity index (χ2n) is 1.15. The van der Waals surface area contributed by atoms with Crippen LogP contribution in [-0.4, -0.2) is 13.3 Å². The van der Waals surface area contributed by atoms with Gasteiger partial charge in [-0.25, -0.2) is 0 Å². The molecule has 0 spiro atoms. The summed E-state index contributed by atoms with van der Waals surface area (Å²) in [6, 6.07) is 0. The molecule has 0 saturated heterocycles. The monoisotopic (exact) mass is 99.1 g/mol. The van der Waals surface area contributed by atoms with E-state index in [9.17, 15) is 0 Å². The van der Waals surface area contributed by atoms with Crippen molar-refractivity contribution in [1.29, 1.82) is 5.41 Å². The highest BCUT2D eigenvalue weighted by Gasteiger charge is 1.74. The van der Waals surface area contributed by atoms with E-state index in [1.807, 2.05) is 0 Å². The Labute approximate surface area is 43.3 Å². The van der Waals surface area contributed by atoms with Crippen LogP contribution in [0.25, 0.3) is 0 Å². The van der Waals surface area contributed by atoms with Crippen molar-refractivity contribution in [2.24, 2.45) is 0 Å². The molecule has 0 aromatic rings. The smallest absolute Gasteiger partial charge is 0.0939 e. The van der Waals surface area contributed by atoms with E-state index in [1.54, 1.807) is 20.1 Å². The van der Waals surface area contributed by atoms with Gasteiger partial charge in [-0.3, -0.25) is 0 Å². The van der Waals surface area contributed by atoms with Gasteiger partial charge < -0.3 is 10.1 Å². The lowest BCUT2D eigenvalue weighted by Gasteiger charge is -1.91. The highest BCUT2D eigenvalue weighted by Crippen LogP contribution is 1.86. The minimum atomic E-state index is 0.759. The summed E-state index contributed by atoms with van der Waals surface area (Å²) >= 11 is 0. The summed E-state index contributed by atoms with van der Waals surface area (Å²) in [5.74, 6) is 0.759. The van der Waals surface area contributed by atoms with Gasteiger partial charge >= 0.3 is 0 Å². The van der Waals surface area contributed by atoms with E-state index >= 15 is 0 Å². The maximum atomic E-state index is 6.56.